The summed E-state index contributed by atoms with van der Waals surface area (Å²) in [6, 6.07) is 8.65. The lowest BCUT2D eigenvalue weighted by molar-refractivity contribution is -0.147. The molecule has 1 aliphatic carbocycles. The highest BCUT2D eigenvalue weighted by atomic mass is 16.5. The van der Waals surface area contributed by atoms with E-state index in [0.29, 0.717) is 65.6 Å². The first-order chi connectivity index (χ1) is 21.2. The van der Waals surface area contributed by atoms with E-state index in [-0.39, 0.29) is 32.3 Å². The molecule has 0 radical (unpaired) electrons. The lowest BCUT2D eigenvalue weighted by atomic mass is 10.1. The van der Waals surface area contributed by atoms with Crippen LogP contribution in [0, 0.1) is 0 Å². The average Bonchev–Trinajstić information content (AvgIpc) is 2.99. The Hall–Kier alpha value is -3.13. The summed E-state index contributed by atoms with van der Waals surface area (Å²) < 4.78 is 11.9. The van der Waals surface area contributed by atoms with E-state index in [4.69, 9.17) is 9.47 Å². The van der Waals surface area contributed by atoms with Crippen molar-refractivity contribution in [2.45, 2.75) is 38.5 Å². The van der Waals surface area contributed by atoms with Crippen molar-refractivity contribution in [1.82, 2.24) is 19.6 Å². The fourth-order valence-electron chi connectivity index (χ4n) is 5.41. The van der Waals surface area contributed by atoms with E-state index in [2.05, 4.69) is 24.0 Å². The monoisotopic (exact) mass is 616 g/mol. The molecule has 1 aromatic carbocycles. The van der Waals surface area contributed by atoms with Crippen molar-refractivity contribution >= 4 is 17.9 Å². The van der Waals surface area contributed by atoms with E-state index >= 15 is 0 Å². The Morgan fingerprint density at radius 3 is 1.93 bits per heavy atom. The SMILES string of the molecule is CC(COCC1=CC=CCC1)N1CCN(CC(=O)O)CCN(CC(=O)O)CCN(C(COCc2ccccc2)C(=O)O)CC1. The van der Waals surface area contributed by atoms with Crippen LogP contribution >= 0.6 is 0 Å². The fourth-order valence-corrected chi connectivity index (χ4v) is 5.41. The van der Waals surface area contributed by atoms with Crippen molar-refractivity contribution in [3.63, 3.8) is 0 Å². The highest BCUT2D eigenvalue weighted by Gasteiger charge is 2.29. The average molecular weight is 617 g/mol. The van der Waals surface area contributed by atoms with Crippen LogP contribution < -0.4 is 0 Å². The van der Waals surface area contributed by atoms with Gasteiger partial charge < -0.3 is 24.8 Å². The summed E-state index contributed by atoms with van der Waals surface area (Å²) in [5.41, 5.74) is 2.20. The van der Waals surface area contributed by atoms with Crippen LogP contribution in [0.25, 0.3) is 0 Å². The standard InChI is InChI=1S/C32H48N4O8/c1-26(22-43-23-27-8-4-2-5-9-27)35-16-14-33(20-30(37)38)12-13-34(21-31(39)40)15-17-36(19-18-35)29(32(41)42)25-44-24-28-10-6-3-7-11-28/h2-4,6-8,10-11,26,29H,5,9,12-25H2,1H3,(H,37,38)(H,39,40)(H,41,42). The number of allylic oxidation sites excluding steroid dienone is 3. The highest BCUT2D eigenvalue weighted by Crippen LogP contribution is 2.13. The zero-order valence-corrected chi connectivity index (χ0v) is 25.8. The summed E-state index contributed by atoms with van der Waals surface area (Å²) in [5, 5.41) is 29.2. The van der Waals surface area contributed by atoms with Gasteiger partial charge in [-0.05, 0) is 30.9 Å². The van der Waals surface area contributed by atoms with Crippen LogP contribution in [-0.2, 0) is 30.5 Å². The normalized spacial score (nSPS) is 19.8. The lowest BCUT2D eigenvalue weighted by Gasteiger charge is -2.37. The molecule has 1 heterocycles. The van der Waals surface area contributed by atoms with Crippen LogP contribution in [0.1, 0.15) is 25.3 Å². The Morgan fingerprint density at radius 1 is 0.773 bits per heavy atom. The number of aliphatic carboxylic acids is 3. The van der Waals surface area contributed by atoms with Gasteiger partial charge in [0.2, 0.25) is 0 Å². The second-order valence-electron chi connectivity index (χ2n) is 11.4. The predicted octanol–water partition coefficient (Wildman–Crippen LogP) is 1.73. The van der Waals surface area contributed by atoms with Crippen LogP contribution in [0.4, 0.5) is 0 Å². The zero-order chi connectivity index (χ0) is 31.7. The largest absolute Gasteiger partial charge is 0.480 e. The van der Waals surface area contributed by atoms with Gasteiger partial charge in [-0.15, -0.1) is 0 Å². The third-order valence-electron chi connectivity index (χ3n) is 8.01. The van der Waals surface area contributed by atoms with Crippen molar-refractivity contribution < 1.29 is 39.2 Å². The minimum atomic E-state index is -1.000. The summed E-state index contributed by atoms with van der Waals surface area (Å²) in [5.74, 6) is -2.93. The first-order valence-electron chi connectivity index (χ1n) is 15.3. The molecule has 1 saturated heterocycles. The Morgan fingerprint density at radius 2 is 1.34 bits per heavy atom. The number of carbonyl (C=O) groups is 3. The molecule has 2 unspecified atom stereocenters. The molecule has 0 amide bonds. The number of rotatable bonds is 15. The number of nitrogens with zero attached hydrogens (tertiary/aromatic N) is 4. The molecule has 12 heteroatoms. The summed E-state index contributed by atoms with van der Waals surface area (Å²) in [6.45, 7) is 6.33. The third kappa shape index (κ3) is 13.2. The molecule has 44 heavy (non-hydrogen) atoms. The molecule has 12 nitrogen and oxygen atoms in total. The van der Waals surface area contributed by atoms with Gasteiger partial charge in [-0.3, -0.25) is 34.0 Å². The Balaban J connectivity index is 1.74. The topological polar surface area (TPSA) is 143 Å². The fraction of sp³-hybridized carbons (Fsp3) is 0.594. The smallest absolute Gasteiger partial charge is 0.323 e. The number of hydrogen-bond donors (Lipinski definition) is 3. The predicted molar refractivity (Wildman–Crippen MR) is 166 cm³/mol. The van der Waals surface area contributed by atoms with Gasteiger partial charge in [-0.1, -0.05) is 48.6 Å². The molecule has 0 spiro atoms. The van der Waals surface area contributed by atoms with Crippen LogP contribution in [0.2, 0.25) is 0 Å². The summed E-state index contributed by atoms with van der Waals surface area (Å²) in [6.07, 6.45) is 8.26. The quantitative estimate of drug-likeness (QED) is 0.264. The van der Waals surface area contributed by atoms with Gasteiger partial charge in [0.05, 0.1) is 39.5 Å². The van der Waals surface area contributed by atoms with Gasteiger partial charge in [0, 0.05) is 58.4 Å². The van der Waals surface area contributed by atoms with E-state index in [1.165, 1.54) is 5.57 Å². The molecule has 0 saturated carbocycles. The van der Waals surface area contributed by atoms with Crippen LogP contribution in [0.15, 0.2) is 54.1 Å². The van der Waals surface area contributed by atoms with Crippen molar-refractivity contribution in [2.75, 3.05) is 85.3 Å². The molecule has 3 rings (SSSR count). The van der Waals surface area contributed by atoms with Crippen molar-refractivity contribution in [2.24, 2.45) is 0 Å². The second kappa shape index (κ2) is 19.3. The number of carboxylic acid groups (broad SMARTS) is 3. The molecule has 1 aliphatic heterocycles. The molecular formula is C32H48N4O8. The zero-order valence-electron chi connectivity index (χ0n) is 25.8. The molecule has 1 aromatic rings. The number of benzene rings is 1. The van der Waals surface area contributed by atoms with E-state index < -0.39 is 23.9 Å². The van der Waals surface area contributed by atoms with Gasteiger partial charge in [-0.2, -0.15) is 0 Å². The minimum absolute atomic E-state index is 0.00678. The van der Waals surface area contributed by atoms with Gasteiger partial charge in [0.25, 0.3) is 0 Å². The Labute approximate surface area is 260 Å². The first kappa shape index (κ1) is 35.4. The summed E-state index contributed by atoms with van der Waals surface area (Å²) in [7, 11) is 0. The maximum absolute atomic E-state index is 12.5. The summed E-state index contributed by atoms with van der Waals surface area (Å²) in [4.78, 5) is 43.3. The van der Waals surface area contributed by atoms with Gasteiger partial charge >= 0.3 is 17.9 Å². The Bertz CT molecular complexity index is 1100. The minimum Gasteiger partial charge on any atom is -0.480 e. The van der Waals surface area contributed by atoms with Crippen molar-refractivity contribution in [3.8, 4) is 0 Å². The highest BCUT2D eigenvalue weighted by molar-refractivity contribution is 5.73. The Kier molecular flexibility index (Phi) is 15.5. The van der Waals surface area contributed by atoms with E-state index in [1.54, 1.807) is 4.90 Å². The maximum Gasteiger partial charge on any atom is 0.323 e. The van der Waals surface area contributed by atoms with Crippen LogP contribution in [-0.4, -0.2) is 150 Å². The number of carboxylic acids is 3. The molecule has 0 aromatic heterocycles. The molecule has 0 bridgehead atoms. The molecular weight excluding hydrogens is 568 g/mol. The van der Waals surface area contributed by atoms with Gasteiger partial charge in [-0.25, -0.2) is 0 Å². The molecule has 3 N–H and O–H groups in total. The first-order valence-corrected chi connectivity index (χ1v) is 15.3. The molecule has 2 aliphatic rings. The molecule has 1 fully saturated rings. The second-order valence-corrected chi connectivity index (χ2v) is 11.4. The number of hydrogen-bond acceptors (Lipinski definition) is 9. The molecule has 244 valence electrons. The lowest BCUT2D eigenvalue weighted by Crippen LogP contribution is -2.53. The van der Waals surface area contributed by atoms with Crippen molar-refractivity contribution in [1.29, 1.82) is 0 Å². The van der Waals surface area contributed by atoms with Crippen LogP contribution in [0.3, 0.4) is 0 Å². The molecule has 2 atom stereocenters. The van der Waals surface area contributed by atoms with Gasteiger partial charge in [0.1, 0.15) is 6.04 Å². The number of ether oxygens (including phenoxy) is 2. The van der Waals surface area contributed by atoms with E-state index in [9.17, 15) is 29.7 Å². The van der Waals surface area contributed by atoms with Crippen molar-refractivity contribution in [3.05, 3.63) is 59.7 Å². The van der Waals surface area contributed by atoms with E-state index in [1.807, 2.05) is 46.2 Å². The van der Waals surface area contributed by atoms with Gasteiger partial charge in [0.15, 0.2) is 0 Å². The summed E-state index contributed by atoms with van der Waals surface area (Å²) >= 11 is 0. The van der Waals surface area contributed by atoms with E-state index in [0.717, 1.165) is 18.4 Å². The third-order valence-corrected chi connectivity index (χ3v) is 8.01. The van der Waals surface area contributed by atoms with Crippen LogP contribution in [0.5, 0.6) is 0 Å². The maximum atomic E-state index is 12.5.